The monoisotopic (exact) mass is 426 g/mol. The summed E-state index contributed by atoms with van der Waals surface area (Å²) in [5, 5.41) is 3.50. The Labute approximate surface area is 181 Å². The molecule has 29 heavy (non-hydrogen) atoms. The number of hydrogen-bond acceptors (Lipinski definition) is 2. The summed E-state index contributed by atoms with van der Waals surface area (Å²) >= 11 is 12.0. The Kier molecular flexibility index (Phi) is 5.82. The fraction of sp³-hybridized carbons (Fsp3) is 0.292. The van der Waals surface area contributed by atoms with Crippen molar-refractivity contribution in [2.24, 2.45) is 0 Å². The number of aryl methyl sites for hydroxylation is 1. The lowest BCUT2D eigenvalue weighted by atomic mass is 9.95. The van der Waals surface area contributed by atoms with E-state index in [-0.39, 0.29) is 5.91 Å². The number of halogens is 2. The van der Waals surface area contributed by atoms with Gasteiger partial charge in [-0.25, -0.2) is 0 Å². The van der Waals surface area contributed by atoms with E-state index in [9.17, 15) is 4.79 Å². The van der Waals surface area contributed by atoms with E-state index in [4.69, 9.17) is 23.2 Å². The lowest BCUT2D eigenvalue weighted by molar-refractivity contribution is 0.0583. The van der Waals surface area contributed by atoms with Crippen LogP contribution in [-0.2, 0) is 0 Å². The van der Waals surface area contributed by atoms with Crippen molar-refractivity contribution in [3.05, 3.63) is 81.3 Å². The SMILES string of the molecule is Cc1ccc(C(C)N2CCN(C(=O)c3ccc(Cl)c(Cl)c3)CC2)c2ccccc12. The molecule has 4 rings (SSSR count). The average molecular weight is 427 g/mol. The fourth-order valence-corrected chi connectivity index (χ4v) is 4.46. The molecule has 0 N–H and O–H groups in total. The van der Waals surface area contributed by atoms with Gasteiger partial charge in [-0.3, -0.25) is 9.69 Å². The zero-order valence-corrected chi connectivity index (χ0v) is 18.2. The van der Waals surface area contributed by atoms with Gasteiger partial charge >= 0.3 is 0 Å². The van der Waals surface area contributed by atoms with Crippen LogP contribution in [0.5, 0.6) is 0 Å². The van der Waals surface area contributed by atoms with Crippen molar-refractivity contribution < 1.29 is 4.79 Å². The second kappa shape index (κ2) is 8.35. The third kappa shape index (κ3) is 4.00. The lowest BCUT2D eigenvalue weighted by Gasteiger charge is -2.38. The second-order valence-corrected chi connectivity index (χ2v) is 8.46. The standard InChI is InChI=1S/C24H24Cl2N2O/c1-16-7-9-20(21-6-4-3-5-19(16)21)17(2)27-11-13-28(14-12-27)24(29)18-8-10-22(25)23(26)15-18/h3-10,15,17H,11-14H2,1-2H3. The minimum Gasteiger partial charge on any atom is -0.336 e. The molecule has 1 amide bonds. The maximum absolute atomic E-state index is 12.8. The molecule has 3 aromatic rings. The molecule has 0 aromatic heterocycles. The number of piperazine rings is 1. The minimum absolute atomic E-state index is 0.0108. The molecule has 1 atom stereocenters. The van der Waals surface area contributed by atoms with Crippen molar-refractivity contribution in [3.8, 4) is 0 Å². The van der Waals surface area contributed by atoms with Gasteiger partial charge in [-0.15, -0.1) is 0 Å². The summed E-state index contributed by atoms with van der Waals surface area (Å²) in [6.45, 7) is 7.50. The molecule has 1 aliphatic heterocycles. The van der Waals surface area contributed by atoms with Crippen molar-refractivity contribution in [1.29, 1.82) is 0 Å². The quantitative estimate of drug-likeness (QED) is 0.514. The molecule has 1 heterocycles. The van der Waals surface area contributed by atoms with Crippen LogP contribution in [0.1, 0.15) is 34.5 Å². The van der Waals surface area contributed by atoms with Crippen LogP contribution in [0.3, 0.4) is 0 Å². The number of nitrogens with zero attached hydrogens (tertiary/aromatic N) is 2. The Bertz CT molecular complexity index is 1060. The number of benzene rings is 3. The van der Waals surface area contributed by atoms with Crippen LogP contribution in [0.15, 0.2) is 54.6 Å². The first-order valence-corrected chi connectivity index (χ1v) is 10.7. The molecular formula is C24H24Cl2N2O. The van der Waals surface area contributed by atoms with Crippen molar-refractivity contribution >= 4 is 39.9 Å². The molecule has 0 radical (unpaired) electrons. The van der Waals surface area contributed by atoms with Crippen LogP contribution in [0.4, 0.5) is 0 Å². The number of carbonyl (C=O) groups is 1. The van der Waals surface area contributed by atoms with E-state index in [2.05, 4.69) is 55.1 Å². The zero-order valence-electron chi connectivity index (χ0n) is 16.7. The van der Waals surface area contributed by atoms with Gasteiger partial charge < -0.3 is 4.90 Å². The summed E-state index contributed by atoms with van der Waals surface area (Å²) in [5.74, 6) is 0.0108. The third-order valence-corrected chi connectivity index (χ3v) is 6.68. The van der Waals surface area contributed by atoms with Crippen molar-refractivity contribution in [2.45, 2.75) is 19.9 Å². The Hall–Kier alpha value is -2.07. The van der Waals surface area contributed by atoms with Gasteiger partial charge in [0.05, 0.1) is 10.0 Å². The number of amides is 1. The lowest BCUT2D eigenvalue weighted by Crippen LogP contribution is -2.49. The first-order valence-electron chi connectivity index (χ1n) is 9.92. The molecule has 1 unspecified atom stereocenters. The van der Waals surface area contributed by atoms with Gasteiger partial charge in [0.15, 0.2) is 0 Å². The highest BCUT2D eigenvalue weighted by atomic mass is 35.5. The van der Waals surface area contributed by atoms with Gasteiger partial charge in [0, 0.05) is 37.8 Å². The molecule has 0 aliphatic carbocycles. The van der Waals surface area contributed by atoms with Crippen molar-refractivity contribution in [2.75, 3.05) is 26.2 Å². The van der Waals surface area contributed by atoms with Crippen LogP contribution in [0, 0.1) is 6.92 Å². The molecular weight excluding hydrogens is 403 g/mol. The number of hydrogen-bond donors (Lipinski definition) is 0. The Morgan fingerprint density at radius 3 is 2.28 bits per heavy atom. The predicted octanol–water partition coefficient (Wildman–Crippen LogP) is 5.97. The van der Waals surface area contributed by atoms with Gasteiger partial charge in [0.25, 0.3) is 5.91 Å². The van der Waals surface area contributed by atoms with Gasteiger partial charge in [-0.05, 0) is 53.9 Å². The smallest absolute Gasteiger partial charge is 0.253 e. The molecule has 3 nitrogen and oxygen atoms in total. The molecule has 150 valence electrons. The second-order valence-electron chi connectivity index (χ2n) is 7.65. The summed E-state index contributed by atoms with van der Waals surface area (Å²) in [6.07, 6.45) is 0. The maximum atomic E-state index is 12.8. The molecule has 1 aliphatic rings. The molecule has 0 spiro atoms. The summed E-state index contributed by atoms with van der Waals surface area (Å²) in [6, 6.07) is 18.4. The van der Waals surface area contributed by atoms with Gasteiger partial charge in [-0.2, -0.15) is 0 Å². The third-order valence-electron chi connectivity index (χ3n) is 5.94. The van der Waals surface area contributed by atoms with Crippen LogP contribution in [0.25, 0.3) is 10.8 Å². The van der Waals surface area contributed by atoms with E-state index in [1.54, 1.807) is 18.2 Å². The maximum Gasteiger partial charge on any atom is 0.253 e. The van der Waals surface area contributed by atoms with Crippen LogP contribution in [0.2, 0.25) is 10.0 Å². The molecule has 0 bridgehead atoms. The fourth-order valence-electron chi connectivity index (χ4n) is 4.16. The first-order chi connectivity index (χ1) is 14.0. The number of rotatable bonds is 3. The summed E-state index contributed by atoms with van der Waals surface area (Å²) < 4.78 is 0. The van der Waals surface area contributed by atoms with E-state index in [0.29, 0.717) is 34.7 Å². The largest absolute Gasteiger partial charge is 0.336 e. The van der Waals surface area contributed by atoms with Gasteiger partial charge in [-0.1, -0.05) is 59.6 Å². The Morgan fingerprint density at radius 2 is 1.59 bits per heavy atom. The van der Waals surface area contributed by atoms with E-state index in [1.165, 1.54) is 21.9 Å². The van der Waals surface area contributed by atoms with Gasteiger partial charge in [0.1, 0.15) is 0 Å². The van der Waals surface area contributed by atoms with E-state index >= 15 is 0 Å². The minimum atomic E-state index is 0.0108. The first kappa shape index (κ1) is 20.2. The highest BCUT2D eigenvalue weighted by molar-refractivity contribution is 6.42. The van der Waals surface area contributed by atoms with Crippen molar-refractivity contribution in [3.63, 3.8) is 0 Å². The molecule has 1 saturated heterocycles. The topological polar surface area (TPSA) is 23.6 Å². The summed E-state index contributed by atoms with van der Waals surface area (Å²) in [7, 11) is 0. The van der Waals surface area contributed by atoms with Crippen LogP contribution >= 0.6 is 23.2 Å². The molecule has 3 aromatic carbocycles. The highest BCUT2D eigenvalue weighted by Crippen LogP contribution is 2.31. The summed E-state index contributed by atoms with van der Waals surface area (Å²) in [4.78, 5) is 17.2. The van der Waals surface area contributed by atoms with E-state index in [0.717, 1.165) is 13.1 Å². The van der Waals surface area contributed by atoms with E-state index in [1.807, 2.05) is 4.90 Å². The zero-order chi connectivity index (χ0) is 20.5. The molecule has 1 fully saturated rings. The number of carbonyl (C=O) groups excluding carboxylic acids is 1. The predicted molar refractivity (Wildman–Crippen MR) is 121 cm³/mol. The normalized spacial score (nSPS) is 16.2. The van der Waals surface area contributed by atoms with Crippen LogP contribution < -0.4 is 0 Å². The molecule has 5 heteroatoms. The Morgan fingerprint density at radius 1 is 0.897 bits per heavy atom. The van der Waals surface area contributed by atoms with Crippen molar-refractivity contribution in [1.82, 2.24) is 9.80 Å². The average Bonchev–Trinajstić information content (AvgIpc) is 2.75. The van der Waals surface area contributed by atoms with E-state index < -0.39 is 0 Å². The summed E-state index contributed by atoms with van der Waals surface area (Å²) in [5.41, 5.74) is 3.23. The highest BCUT2D eigenvalue weighted by Gasteiger charge is 2.26. The Balaban J connectivity index is 1.48. The van der Waals surface area contributed by atoms with Crippen LogP contribution in [-0.4, -0.2) is 41.9 Å². The number of fused-ring (bicyclic) bond motifs is 1. The van der Waals surface area contributed by atoms with Gasteiger partial charge in [0.2, 0.25) is 0 Å². The molecule has 0 saturated carbocycles.